The summed E-state index contributed by atoms with van der Waals surface area (Å²) in [6, 6.07) is 0. The Bertz CT molecular complexity index is 99.2. The summed E-state index contributed by atoms with van der Waals surface area (Å²) in [5.74, 6) is 1.78. The third kappa shape index (κ3) is 7.10. The van der Waals surface area contributed by atoms with Gasteiger partial charge in [0.15, 0.2) is 0 Å². The Kier molecular flexibility index (Phi) is 7.14. The molecule has 2 unspecified atom stereocenters. The minimum Gasteiger partial charge on any atom is -0.134 e. The van der Waals surface area contributed by atoms with Crippen molar-refractivity contribution in [2.75, 3.05) is 0 Å². The van der Waals surface area contributed by atoms with E-state index in [4.69, 9.17) is 0 Å². The molecule has 0 bridgehead atoms. The largest absolute Gasteiger partial charge is 0.134 e. The van der Waals surface area contributed by atoms with Crippen molar-refractivity contribution in [3.63, 3.8) is 0 Å². The van der Waals surface area contributed by atoms with Crippen molar-refractivity contribution in [1.82, 2.24) is 0 Å². The molecule has 0 rings (SSSR count). The minimum atomic E-state index is 0.847. The fraction of sp³-hybridized carbons (Fsp3) is 1.00. The van der Waals surface area contributed by atoms with Gasteiger partial charge in [0.2, 0.25) is 0 Å². The van der Waals surface area contributed by atoms with Crippen molar-refractivity contribution in [3.8, 4) is 0 Å². The van der Waals surface area contributed by atoms with Crippen LogP contribution in [0.4, 0.5) is 0 Å². The van der Waals surface area contributed by atoms with Crippen molar-refractivity contribution in [3.05, 3.63) is 0 Å². The maximum absolute atomic E-state index is 2.94. The first-order valence-electron chi connectivity index (χ1n) is 5.31. The maximum atomic E-state index is 2.94. The van der Waals surface area contributed by atoms with E-state index in [0.29, 0.717) is 0 Å². The van der Waals surface area contributed by atoms with E-state index in [0.717, 1.165) is 17.5 Å². The average molecular weight is 188 g/mol. The van der Waals surface area contributed by atoms with Gasteiger partial charge < -0.3 is 0 Å². The van der Waals surface area contributed by atoms with E-state index in [9.17, 15) is 0 Å². The predicted octanol–water partition coefficient (Wildman–Crippen LogP) is 4.10. The molecule has 3 atom stereocenters. The van der Waals surface area contributed by atoms with E-state index in [1.165, 1.54) is 25.7 Å². The Morgan fingerprint density at radius 3 is 2.08 bits per heavy atom. The van der Waals surface area contributed by atoms with Crippen molar-refractivity contribution in [2.24, 2.45) is 11.8 Å². The predicted molar refractivity (Wildman–Crippen MR) is 61.6 cm³/mol. The molecule has 0 aromatic heterocycles. The maximum Gasteiger partial charge on any atom is -0.0267 e. The van der Waals surface area contributed by atoms with Crippen LogP contribution in [0, 0.1) is 11.8 Å². The summed E-state index contributed by atoms with van der Waals surface area (Å²) >= 11 is 0. The second kappa shape index (κ2) is 6.89. The second-order valence-corrected chi connectivity index (χ2v) is 5.42. The molecule has 12 heavy (non-hydrogen) atoms. The van der Waals surface area contributed by atoms with Crippen molar-refractivity contribution in [2.45, 2.75) is 59.0 Å². The van der Waals surface area contributed by atoms with E-state index in [1.54, 1.807) is 0 Å². The molecule has 0 saturated carbocycles. The highest BCUT2D eigenvalue weighted by Crippen LogP contribution is 2.20. The van der Waals surface area contributed by atoms with Gasteiger partial charge >= 0.3 is 0 Å². The van der Waals surface area contributed by atoms with Crippen LogP contribution in [0.1, 0.15) is 53.4 Å². The van der Waals surface area contributed by atoms with E-state index >= 15 is 0 Å². The van der Waals surface area contributed by atoms with Crippen LogP contribution in [0.3, 0.4) is 0 Å². The van der Waals surface area contributed by atoms with E-state index in [-0.39, 0.29) is 0 Å². The van der Waals surface area contributed by atoms with Crippen molar-refractivity contribution >= 4 is 9.24 Å². The van der Waals surface area contributed by atoms with Crippen LogP contribution in [0.25, 0.3) is 0 Å². The van der Waals surface area contributed by atoms with Crippen LogP contribution in [-0.2, 0) is 0 Å². The van der Waals surface area contributed by atoms with Gasteiger partial charge in [0.05, 0.1) is 0 Å². The fourth-order valence-corrected chi connectivity index (χ4v) is 1.82. The first-order chi connectivity index (χ1) is 5.56. The molecule has 0 aliphatic carbocycles. The van der Waals surface area contributed by atoms with Crippen LogP contribution >= 0.6 is 9.24 Å². The molecule has 0 aromatic rings. The minimum absolute atomic E-state index is 0.847. The highest BCUT2D eigenvalue weighted by molar-refractivity contribution is 7.17. The Labute approximate surface area is 80.7 Å². The molecule has 0 fully saturated rings. The molecule has 0 N–H and O–H groups in total. The zero-order chi connectivity index (χ0) is 9.56. The number of hydrogen-bond donors (Lipinski definition) is 0. The van der Waals surface area contributed by atoms with E-state index in [2.05, 4.69) is 36.9 Å². The van der Waals surface area contributed by atoms with E-state index < -0.39 is 0 Å². The molecule has 0 heterocycles. The van der Waals surface area contributed by atoms with Crippen molar-refractivity contribution in [1.29, 1.82) is 0 Å². The molecule has 0 radical (unpaired) electrons. The normalized spacial score (nSPS) is 16.5. The third-order valence-corrected chi connectivity index (χ3v) is 3.23. The highest BCUT2D eigenvalue weighted by Gasteiger charge is 2.06. The molecule has 0 nitrogen and oxygen atoms in total. The van der Waals surface area contributed by atoms with Gasteiger partial charge in [-0.15, -0.1) is 9.24 Å². The van der Waals surface area contributed by atoms with Crippen LogP contribution in [-0.4, -0.2) is 5.66 Å². The summed E-state index contributed by atoms with van der Waals surface area (Å²) in [6.07, 6.45) is 5.48. The Balaban J connectivity index is 3.36. The summed E-state index contributed by atoms with van der Waals surface area (Å²) in [7, 11) is 2.94. The highest BCUT2D eigenvalue weighted by atomic mass is 31.0. The zero-order valence-corrected chi connectivity index (χ0v) is 10.3. The van der Waals surface area contributed by atoms with Crippen LogP contribution in [0.5, 0.6) is 0 Å². The van der Waals surface area contributed by atoms with Gasteiger partial charge in [0, 0.05) is 0 Å². The monoisotopic (exact) mass is 188 g/mol. The summed E-state index contributed by atoms with van der Waals surface area (Å²) < 4.78 is 0. The molecular weight excluding hydrogens is 163 g/mol. The van der Waals surface area contributed by atoms with Gasteiger partial charge in [-0.2, -0.15) is 0 Å². The molecule has 0 aromatic carbocycles. The van der Waals surface area contributed by atoms with E-state index in [1.807, 2.05) is 0 Å². The van der Waals surface area contributed by atoms with Gasteiger partial charge in [-0.3, -0.25) is 0 Å². The molecule has 74 valence electrons. The van der Waals surface area contributed by atoms with Crippen molar-refractivity contribution < 1.29 is 0 Å². The Morgan fingerprint density at radius 1 is 1.08 bits per heavy atom. The summed E-state index contributed by atoms with van der Waals surface area (Å²) in [5.41, 5.74) is 0.847. The molecule has 0 spiro atoms. The quantitative estimate of drug-likeness (QED) is 0.550. The average Bonchev–Trinajstić information content (AvgIpc) is 1.99. The standard InChI is InChI=1S/C11H25P/c1-5-11(12)7-6-10(4)8-9(2)3/h9-11H,5-8,12H2,1-4H3/t10?,11-/m0/s1. The lowest BCUT2D eigenvalue weighted by Crippen LogP contribution is -2.03. The SMILES string of the molecule is CC[C@H](P)CCC(C)CC(C)C. The first kappa shape index (κ1) is 12.4. The lowest BCUT2D eigenvalue weighted by molar-refractivity contribution is 0.402. The smallest absolute Gasteiger partial charge is 0.0267 e. The Hall–Kier alpha value is 0.430. The zero-order valence-electron chi connectivity index (χ0n) is 9.14. The lowest BCUT2D eigenvalue weighted by Gasteiger charge is -2.15. The number of rotatable bonds is 6. The summed E-state index contributed by atoms with van der Waals surface area (Å²) in [5, 5.41) is 0. The topological polar surface area (TPSA) is 0 Å². The summed E-state index contributed by atoms with van der Waals surface area (Å²) in [4.78, 5) is 0. The molecule has 0 amide bonds. The number of hydrogen-bond acceptors (Lipinski definition) is 0. The van der Waals surface area contributed by atoms with Gasteiger partial charge in [0.1, 0.15) is 0 Å². The molecular formula is C11H25P. The Morgan fingerprint density at radius 2 is 1.67 bits per heavy atom. The van der Waals surface area contributed by atoms with Crippen LogP contribution in [0.15, 0.2) is 0 Å². The van der Waals surface area contributed by atoms with Gasteiger partial charge in [-0.05, 0) is 36.8 Å². The molecule has 0 aliphatic heterocycles. The molecule has 1 heteroatoms. The van der Waals surface area contributed by atoms with Gasteiger partial charge in [-0.1, -0.05) is 34.1 Å². The fourth-order valence-electron chi connectivity index (χ4n) is 1.63. The second-order valence-electron chi connectivity index (χ2n) is 4.48. The van der Waals surface area contributed by atoms with Crippen LogP contribution in [0.2, 0.25) is 0 Å². The van der Waals surface area contributed by atoms with Gasteiger partial charge in [-0.25, -0.2) is 0 Å². The summed E-state index contributed by atoms with van der Waals surface area (Å²) in [6.45, 7) is 9.28. The third-order valence-electron chi connectivity index (χ3n) is 2.43. The molecule has 0 saturated heterocycles. The molecule has 0 aliphatic rings. The van der Waals surface area contributed by atoms with Gasteiger partial charge in [0.25, 0.3) is 0 Å². The lowest BCUT2D eigenvalue weighted by atomic mass is 9.94. The first-order valence-corrected chi connectivity index (χ1v) is 5.98. The van der Waals surface area contributed by atoms with Crippen LogP contribution < -0.4 is 0 Å².